The lowest BCUT2D eigenvalue weighted by molar-refractivity contribution is -0.114. The number of carbonyl (C=O) groups excluding carboxylic acids is 2. The summed E-state index contributed by atoms with van der Waals surface area (Å²) < 4.78 is 6.61. The zero-order valence-electron chi connectivity index (χ0n) is 17.2. The van der Waals surface area contributed by atoms with Crippen LogP contribution in [-0.2, 0) is 11.4 Å². The Balaban J connectivity index is 1.73. The number of ether oxygens (including phenoxy) is 1. The number of hydrogen-bond acceptors (Lipinski definition) is 4. The van der Waals surface area contributed by atoms with Gasteiger partial charge in [-0.3, -0.25) is 9.59 Å². The van der Waals surface area contributed by atoms with Gasteiger partial charge >= 0.3 is 0 Å². The molecular formula is C25H22BrNO4. The summed E-state index contributed by atoms with van der Waals surface area (Å²) in [7, 11) is 0. The quantitative estimate of drug-likeness (QED) is 0.251. The number of halogens is 1. The molecule has 2 N–H and O–H groups in total. The SMILES string of the molecule is CC(=O)Nc1cc(C)cc(C(=O)C=Cc2ccc(OCc3ccccc3)c(Br)c2)c1O. The summed E-state index contributed by atoms with van der Waals surface area (Å²) >= 11 is 3.50. The molecule has 0 saturated carbocycles. The molecule has 3 aromatic carbocycles. The first kappa shape index (κ1) is 22.3. The highest BCUT2D eigenvalue weighted by atomic mass is 79.9. The Hall–Kier alpha value is -3.38. The van der Waals surface area contributed by atoms with E-state index in [0.717, 1.165) is 21.2 Å². The summed E-state index contributed by atoms with van der Waals surface area (Å²) in [5, 5.41) is 12.9. The number of anilines is 1. The molecule has 0 aliphatic heterocycles. The van der Waals surface area contributed by atoms with E-state index >= 15 is 0 Å². The standard InChI is InChI=1S/C25H22BrNO4/c1-16-12-20(25(30)22(13-16)27-17(2)28)23(29)10-8-18-9-11-24(21(26)14-18)31-15-19-6-4-3-5-7-19/h3-14,30H,15H2,1-2H3,(H,27,28). The molecule has 3 aromatic rings. The van der Waals surface area contributed by atoms with Gasteiger partial charge in [0.15, 0.2) is 5.78 Å². The van der Waals surface area contributed by atoms with Crippen LogP contribution in [0.25, 0.3) is 6.08 Å². The van der Waals surface area contributed by atoms with Crippen molar-refractivity contribution >= 4 is 39.4 Å². The maximum Gasteiger partial charge on any atom is 0.221 e. The lowest BCUT2D eigenvalue weighted by Gasteiger charge is -2.10. The topological polar surface area (TPSA) is 75.6 Å². The number of benzene rings is 3. The first-order chi connectivity index (χ1) is 14.8. The van der Waals surface area contributed by atoms with Crippen molar-refractivity contribution in [1.29, 1.82) is 0 Å². The van der Waals surface area contributed by atoms with Crippen molar-refractivity contribution in [3.8, 4) is 11.5 Å². The van der Waals surface area contributed by atoms with Crippen LogP contribution in [0.2, 0.25) is 0 Å². The predicted molar refractivity (Wildman–Crippen MR) is 125 cm³/mol. The van der Waals surface area contributed by atoms with E-state index in [1.165, 1.54) is 13.0 Å². The molecule has 0 radical (unpaired) electrons. The van der Waals surface area contributed by atoms with Crippen LogP contribution in [0.4, 0.5) is 5.69 Å². The summed E-state index contributed by atoms with van der Waals surface area (Å²) in [5.41, 5.74) is 2.96. The Kier molecular flexibility index (Phi) is 7.26. The summed E-state index contributed by atoms with van der Waals surface area (Å²) in [6, 6.07) is 18.6. The number of hydrogen-bond donors (Lipinski definition) is 2. The van der Waals surface area contributed by atoms with Gasteiger partial charge in [-0.15, -0.1) is 0 Å². The van der Waals surface area contributed by atoms with Crippen LogP contribution < -0.4 is 10.1 Å². The Morgan fingerprint density at radius 2 is 1.84 bits per heavy atom. The Morgan fingerprint density at radius 1 is 1.10 bits per heavy atom. The molecule has 0 bridgehead atoms. The highest BCUT2D eigenvalue weighted by Gasteiger charge is 2.14. The molecule has 0 fully saturated rings. The van der Waals surface area contributed by atoms with Crippen molar-refractivity contribution in [2.24, 2.45) is 0 Å². The first-order valence-corrected chi connectivity index (χ1v) is 10.4. The number of allylic oxidation sites excluding steroid dienone is 1. The van der Waals surface area contributed by atoms with Crippen molar-refractivity contribution in [1.82, 2.24) is 0 Å². The number of phenols is 1. The number of rotatable bonds is 7. The number of ketones is 1. The van der Waals surface area contributed by atoms with E-state index in [1.54, 1.807) is 25.1 Å². The molecule has 0 unspecified atom stereocenters. The molecule has 158 valence electrons. The zero-order chi connectivity index (χ0) is 22.4. The molecule has 0 aliphatic rings. The van der Waals surface area contributed by atoms with Crippen LogP contribution in [0.1, 0.15) is 34.0 Å². The van der Waals surface area contributed by atoms with Gasteiger partial charge in [0.05, 0.1) is 15.7 Å². The number of nitrogens with one attached hydrogen (secondary N) is 1. The van der Waals surface area contributed by atoms with Crippen molar-refractivity contribution in [2.45, 2.75) is 20.5 Å². The molecule has 0 atom stereocenters. The third-order valence-corrected chi connectivity index (χ3v) is 5.07. The minimum atomic E-state index is -0.367. The minimum absolute atomic E-state index is 0.127. The fourth-order valence-corrected chi connectivity index (χ4v) is 3.50. The lowest BCUT2D eigenvalue weighted by atomic mass is 10.0. The van der Waals surface area contributed by atoms with E-state index in [2.05, 4.69) is 21.2 Å². The lowest BCUT2D eigenvalue weighted by Crippen LogP contribution is -2.08. The summed E-state index contributed by atoms with van der Waals surface area (Å²) in [6.07, 6.45) is 3.05. The number of carbonyl (C=O) groups is 2. The van der Waals surface area contributed by atoms with Crippen LogP contribution in [0.3, 0.4) is 0 Å². The fraction of sp³-hybridized carbons (Fsp3) is 0.120. The second-order valence-corrected chi connectivity index (χ2v) is 7.91. The van der Waals surface area contributed by atoms with Crippen LogP contribution >= 0.6 is 15.9 Å². The van der Waals surface area contributed by atoms with Crippen LogP contribution in [-0.4, -0.2) is 16.8 Å². The van der Waals surface area contributed by atoms with Crippen LogP contribution in [0.5, 0.6) is 11.5 Å². The number of phenolic OH excluding ortho intramolecular Hbond substituents is 1. The van der Waals surface area contributed by atoms with E-state index in [-0.39, 0.29) is 28.7 Å². The van der Waals surface area contributed by atoms with Gasteiger partial charge < -0.3 is 15.2 Å². The van der Waals surface area contributed by atoms with Gasteiger partial charge in [-0.25, -0.2) is 0 Å². The molecule has 0 aromatic heterocycles. The molecular weight excluding hydrogens is 458 g/mol. The van der Waals surface area contributed by atoms with Gasteiger partial charge in [0.25, 0.3) is 0 Å². The molecule has 5 nitrogen and oxygen atoms in total. The number of aryl methyl sites for hydroxylation is 1. The van der Waals surface area contributed by atoms with Gasteiger partial charge in [0, 0.05) is 6.92 Å². The van der Waals surface area contributed by atoms with Gasteiger partial charge in [-0.1, -0.05) is 42.5 Å². The Morgan fingerprint density at radius 3 is 2.52 bits per heavy atom. The number of amides is 1. The summed E-state index contributed by atoms with van der Waals surface area (Å²) in [6.45, 7) is 3.58. The van der Waals surface area contributed by atoms with E-state index in [9.17, 15) is 14.7 Å². The highest BCUT2D eigenvalue weighted by Crippen LogP contribution is 2.31. The molecule has 0 aliphatic carbocycles. The van der Waals surface area contributed by atoms with Gasteiger partial charge in [-0.2, -0.15) is 0 Å². The predicted octanol–water partition coefficient (Wildman–Crippen LogP) is 5.90. The van der Waals surface area contributed by atoms with Crippen molar-refractivity contribution in [3.63, 3.8) is 0 Å². The first-order valence-electron chi connectivity index (χ1n) is 9.63. The fourth-order valence-electron chi connectivity index (χ4n) is 2.99. The largest absolute Gasteiger partial charge is 0.505 e. The molecule has 31 heavy (non-hydrogen) atoms. The van der Waals surface area contributed by atoms with Crippen molar-refractivity contribution in [2.75, 3.05) is 5.32 Å². The van der Waals surface area contributed by atoms with E-state index in [1.807, 2.05) is 48.5 Å². The maximum atomic E-state index is 12.6. The molecule has 1 amide bonds. The second-order valence-electron chi connectivity index (χ2n) is 7.05. The monoisotopic (exact) mass is 479 g/mol. The molecule has 0 heterocycles. The van der Waals surface area contributed by atoms with E-state index in [0.29, 0.717) is 12.4 Å². The zero-order valence-corrected chi connectivity index (χ0v) is 18.8. The number of aromatic hydroxyl groups is 1. The van der Waals surface area contributed by atoms with Crippen molar-refractivity contribution < 1.29 is 19.4 Å². The van der Waals surface area contributed by atoms with Crippen molar-refractivity contribution in [3.05, 3.63) is 93.5 Å². The Bertz CT molecular complexity index is 1140. The third-order valence-electron chi connectivity index (χ3n) is 4.45. The molecule has 0 saturated heterocycles. The molecule has 3 rings (SSSR count). The molecule has 6 heteroatoms. The molecule has 0 spiro atoms. The van der Waals surface area contributed by atoms with E-state index < -0.39 is 0 Å². The maximum absolute atomic E-state index is 12.6. The van der Waals surface area contributed by atoms with E-state index in [4.69, 9.17) is 4.74 Å². The van der Waals surface area contributed by atoms with Crippen LogP contribution in [0.15, 0.2) is 71.2 Å². The third kappa shape index (κ3) is 6.06. The summed E-state index contributed by atoms with van der Waals surface area (Å²) in [4.78, 5) is 24.0. The normalized spacial score (nSPS) is 10.8. The minimum Gasteiger partial charge on any atom is -0.505 e. The smallest absolute Gasteiger partial charge is 0.221 e. The summed E-state index contributed by atoms with van der Waals surface area (Å²) in [5.74, 6) is -0.243. The Labute approximate surface area is 189 Å². The highest BCUT2D eigenvalue weighted by molar-refractivity contribution is 9.10. The van der Waals surface area contributed by atoms with Gasteiger partial charge in [0.2, 0.25) is 5.91 Å². The van der Waals surface area contributed by atoms with Crippen LogP contribution in [0, 0.1) is 6.92 Å². The second kappa shape index (κ2) is 10.1. The van der Waals surface area contributed by atoms with Gasteiger partial charge in [0.1, 0.15) is 18.1 Å². The van der Waals surface area contributed by atoms with Gasteiger partial charge in [-0.05, 0) is 69.9 Å². The average Bonchev–Trinajstić information content (AvgIpc) is 2.74. The average molecular weight is 480 g/mol.